The van der Waals surface area contributed by atoms with Crippen LogP contribution in [0.1, 0.15) is 39.7 Å². The van der Waals surface area contributed by atoms with E-state index in [0.717, 1.165) is 28.2 Å². The second kappa shape index (κ2) is 14.4. The van der Waals surface area contributed by atoms with Crippen LogP contribution in [0.25, 0.3) is 11.2 Å². The molecular formula is C41H39N5O7. The van der Waals surface area contributed by atoms with Crippen molar-refractivity contribution in [3.63, 3.8) is 0 Å². The fraction of sp³-hybridized carbons (Fsp3) is 0.268. The van der Waals surface area contributed by atoms with E-state index in [2.05, 4.69) is 32.4 Å². The molecule has 2 aliphatic rings. The smallest absolute Gasteiger partial charge is 0.256 e. The number of methoxy groups -OCH3 is 3. The van der Waals surface area contributed by atoms with E-state index in [1.807, 2.05) is 77.4 Å². The molecule has 0 saturated carbocycles. The SMILES string of the molecule is COCC1OC2CC1(COC(c1ccccc1)(c1ccc(OC)cc1)c1ccc(OC)cc1)OC2n1cnc2c(NC(=O)c3ccccc3)ncnc21. The van der Waals surface area contributed by atoms with Crippen molar-refractivity contribution in [3.8, 4) is 11.5 Å². The molecule has 6 aromatic rings. The summed E-state index contributed by atoms with van der Waals surface area (Å²) in [7, 11) is 4.95. The third kappa shape index (κ3) is 6.19. The lowest BCUT2D eigenvalue weighted by Crippen LogP contribution is -2.51. The molecule has 53 heavy (non-hydrogen) atoms. The molecule has 4 heterocycles. The van der Waals surface area contributed by atoms with Crippen LogP contribution in [0.15, 0.2) is 122 Å². The van der Waals surface area contributed by atoms with E-state index in [4.69, 9.17) is 28.4 Å². The Morgan fingerprint density at radius 3 is 2.08 bits per heavy atom. The van der Waals surface area contributed by atoms with Crippen LogP contribution in [0.5, 0.6) is 11.5 Å². The molecule has 0 aliphatic carbocycles. The molecule has 1 N–H and O–H groups in total. The van der Waals surface area contributed by atoms with Crippen molar-refractivity contribution >= 4 is 22.9 Å². The Kier molecular flexibility index (Phi) is 9.35. The first kappa shape index (κ1) is 34.4. The summed E-state index contributed by atoms with van der Waals surface area (Å²) >= 11 is 0. The Bertz CT molecular complexity index is 2130. The van der Waals surface area contributed by atoms with E-state index < -0.39 is 23.5 Å². The minimum absolute atomic E-state index is 0.154. The Balaban J connectivity index is 1.16. The largest absolute Gasteiger partial charge is 0.497 e. The van der Waals surface area contributed by atoms with Crippen LogP contribution in [0.4, 0.5) is 5.82 Å². The van der Waals surface area contributed by atoms with Crippen LogP contribution in [0.2, 0.25) is 0 Å². The average molecular weight is 714 g/mol. The Morgan fingerprint density at radius 2 is 1.45 bits per heavy atom. The van der Waals surface area contributed by atoms with Gasteiger partial charge in [0.15, 0.2) is 23.2 Å². The van der Waals surface area contributed by atoms with Crippen molar-refractivity contribution in [3.05, 3.63) is 144 Å². The van der Waals surface area contributed by atoms with Gasteiger partial charge in [-0.15, -0.1) is 0 Å². The molecule has 4 atom stereocenters. The lowest BCUT2D eigenvalue weighted by molar-refractivity contribution is -0.240. The second-order valence-corrected chi connectivity index (χ2v) is 13.1. The molecule has 2 aliphatic heterocycles. The molecule has 2 fully saturated rings. The third-order valence-corrected chi connectivity index (χ3v) is 10.1. The van der Waals surface area contributed by atoms with Gasteiger partial charge < -0.3 is 33.7 Å². The predicted molar refractivity (Wildman–Crippen MR) is 196 cm³/mol. The van der Waals surface area contributed by atoms with Crippen molar-refractivity contribution in [1.82, 2.24) is 19.5 Å². The topological polar surface area (TPSA) is 128 Å². The number of anilines is 1. The number of carbonyl (C=O) groups excluding carboxylic acids is 1. The fourth-order valence-electron chi connectivity index (χ4n) is 7.43. The molecule has 12 nitrogen and oxygen atoms in total. The molecular weight excluding hydrogens is 674 g/mol. The van der Waals surface area contributed by atoms with Gasteiger partial charge in [-0.2, -0.15) is 0 Å². The first-order valence-electron chi connectivity index (χ1n) is 17.3. The van der Waals surface area contributed by atoms with Gasteiger partial charge in [-0.1, -0.05) is 72.8 Å². The van der Waals surface area contributed by atoms with Gasteiger partial charge >= 0.3 is 0 Å². The first-order chi connectivity index (χ1) is 26.0. The van der Waals surface area contributed by atoms with Crippen LogP contribution >= 0.6 is 0 Å². The number of hydrogen-bond acceptors (Lipinski definition) is 10. The summed E-state index contributed by atoms with van der Waals surface area (Å²) in [4.78, 5) is 26.5. The minimum Gasteiger partial charge on any atom is -0.497 e. The molecule has 270 valence electrons. The van der Waals surface area contributed by atoms with E-state index in [1.54, 1.807) is 51.9 Å². The summed E-state index contributed by atoms with van der Waals surface area (Å²) in [5, 5.41) is 2.88. The maximum Gasteiger partial charge on any atom is 0.256 e. The highest BCUT2D eigenvalue weighted by atomic mass is 16.7. The predicted octanol–water partition coefficient (Wildman–Crippen LogP) is 6.18. The van der Waals surface area contributed by atoms with Crippen LogP contribution < -0.4 is 14.8 Å². The molecule has 0 radical (unpaired) electrons. The highest BCUT2D eigenvalue weighted by molar-refractivity contribution is 6.06. The number of amides is 1. The first-order valence-corrected chi connectivity index (χ1v) is 17.3. The Hall–Kier alpha value is -5.66. The maximum absolute atomic E-state index is 13.0. The lowest BCUT2D eigenvalue weighted by atomic mass is 9.79. The summed E-state index contributed by atoms with van der Waals surface area (Å²) in [6.45, 7) is 0.458. The van der Waals surface area contributed by atoms with Crippen molar-refractivity contribution < 1.29 is 33.2 Å². The number of fused-ring (bicyclic) bond motifs is 3. The van der Waals surface area contributed by atoms with Crippen molar-refractivity contribution in [1.29, 1.82) is 0 Å². The van der Waals surface area contributed by atoms with E-state index in [1.165, 1.54) is 6.33 Å². The standard InChI is InChI=1S/C41H39N5O7/c1-48-23-34-40(22-33(52-34)39(53-40)46-26-44-35-36(42-25-43-37(35)46)45-38(47)27-10-6-4-7-11-27)24-51-41(28-12-8-5-9-13-28,29-14-18-31(49-2)19-15-29)30-16-20-32(50-3)21-17-30/h4-21,25-26,33-34,39H,22-24H2,1-3H3,(H,42,43,45,47). The zero-order chi connectivity index (χ0) is 36.4. The average Bonchev–Trinajstić information content (AvgIpc) is 3.92. The number of ether oxygens (including phenoxy) is 6. The van der Waals surface area contributed by atoms with Gasteiger partial charge in [-0.3, -0.25) is 9.36 Å². The summed E-state index contributed by atoms with van der Waals surface area (Å²) < 4.78 is 39.6. The maximum atomic E-state index is 13.0. The molecule has 4 unspecified atom stereocenters. The molecule has 8 rings (SSSR count). The molecule has 4 aromatic carbocycles. The lowest BCUT2D eigenvalue weighted by Gasteiger charge is -2.42. The highest BCUT2D eigenvalue weighted by Gasteiger charge is 2.61. The van der Waals surface area contributed by atoms with Gasteiger partial charge in [-0.05, 0) is 53.1 Å². The zero-order valence-corrected chi connectivity index (χ0v) is 29.5. The second-order valence-electron chi connectivity index (χ2n) is 13.1. The molecule has 1 amide bonds. The van der Waals surface area contributed by atoms with Crippen LogP contribution in [-0.2, 0) is 24.5 Å². The van der Waals surface area contributed by atoms with Crippen molar-refractivity contribution in [2.75, 3.05) is 39.9 Å². The van der Waals surface area contributed by atoms with Gasteiger partial charge in [0.2, 0.25) is 0 Å². The molecule has 2 bridgehead atoms. The van der Waals surface area contributed by atoms with E-state index in [0.29, 0.717) is 35.6 Å². The Labute approximate surface area is 306 Å². The summed E-state index contributed by atoms with van der Waals surface area (Å²) in [6, 6.07) is 34.9. The number of aromatic nitrogens is 4. The van der Waals surface area contributed by atoms with Gasteiger partial charge in [0, 0.05) is 19.1 Å². The monoisotopic (exact) mass is 713 g/mol. The van der Waals surface area contributed by atoms with Gasteiger partial charge in [-0.25, -0.2) is 15.0 Å². The molecule has 2 saturated heterocycles. The summed E-state index contributed by atoms with van der Waals surface area (Å²) in [5.41, 5.74) is 2.21. The summed E-state index contributed by atoms with van der Waals surface area (Å²) in [5.74, 6) is 1.47. The van der Waals surface area contributed by atoms with Crippen molar-refractivity contribution in [2.24, 2.45) is 0 Å². The van der Waals surface area contributed by atoms with Gasteiger partial charge in [0.1, 0.15) is 41.2 Å². The molecule has 2 aromatic heterocycles. The van der Waals surface area contributed by atoms with E-state index >= 15 is 0 Å². The quantitative estimate of drug-likeness (QED) is 0.139. The van der Waals surface area contributed by atoms with Gasteiger partial charge in [0.05, 0.1) is 33.8 Å². The van der Waals surface area contributed by atoms with Crippen LogP contribution in [0, 0.1) is 0 Å². The number of nitrogens with one attached hydrogen (secondary N) is 1. The van der Waals surface area contributed by atoms with Gasteiger partial charge in [0.25, 0.3) is 5.91 Å². The summed E-state index contributed by atoms with van der Waals surface area (Å²) in [6.07, 6.45) is 2.22. The Morgan fingerprint density at radius 1 is 0.830 bits per heavy atom. The molecule has 12 heteroatoms. The number of rotatable bonds is 13. The van der Waals surface area contributed by atoms with E-state index in [9.17, 15) is 4.79 Å². The van der Waals surface area contributed by atoms with Crippen LogP contribution in [-0.4, -0.2) is 77.8 Å². The number of carbonyl (C=O) groups is 1. The van der Waals surface area contributed by atoms with Crippen LogP contribution in [0.3, 0.4) is 0 Å². The third-order valence-electron chi connectivity index (χ3n) is 10.1. The highest BCUT2D eigenvalue weighted by Crippen LogP contribution is 2.51. The van der Waals surface area contributed by atoms with Crippen molar-refractivity contribution in [2.45, 2.75) is 36.1 Å². The normalized spacial score (nSPS) is 20.8. The number of imidazole rings is 1. The molecule has 0 spiro atoms. The minimum atomic E-state index is -1.06. The number of nitrogens with zero attached hydrogens (tertiary/aromatic N) is 4. The number of hydrogen-bond donors (Lipinski definition) is 1. The zero-order valence-electron chi connectivity index (χ0n) is 29.5. The fourth-order valence-corrected chi connectivity index (χ4v) is 7.43. The van der Waals surface area contributed by atoms with E-state index in [-0.39, 0.29) is 18.6 Å². The number of benzene rings is 4.